The molecular weight excluding hydrogens is 150 g/mol. The van der Waals surface area contributed by atoms with E-state index in [0.29, 0.717) is 17.1 Å². The van der Waals surface area contributed by atoms with Gasteiger partial charge in [-0.2, -0.15) is 0 Å². The summed E-state index contributed by atoms with van der Waals surface area (Å²) in [5.41, 5.74) is 5.97. The zero-order chi connectivity index (χ0) is 7.56. The first-order valence-corrected chi connectivity index (χ1v) is 3.30. The van der Waals surface area contributed by atoms with E-state index in [9.17, 15) is 5.11 Å². The van der Waals surface area contributed by atoms with Gasteiger partial charge in [0.2, 0.25) is 0 Å². The maximum Gasteiger partial charge on any atom is 0.138 e. The average Bonchev–Trinajstić information content (AvgIpc) is 1.95. The monoisotopic (exact) mass is 157 g/mol. The number of aromatic hydroxyl groups is 1. The fraction of sp³-hybridized carbons (Fsp3) is 0.143. The Morgan fingerprint density at radius 3 is 2.70 bits per heavy atom. The Morgan fingerprint density at radius 1 is 1.50 bits per heavy atom. The van der Waals surface area contributed by atoms with Crippen LogP contribution in [0.1, 0.15) is 5.56 Å². The second-order valence-electron chi connectivity index (χ2n) is 1.95. The van der Waals surface area contributed by atoms with E-state index in [1.165, 1.54) is 0 Å². The van der Waals surface area contributed by atoms with Gasteiger partial charge in [0.1, 0.15) is 5.75 Å². The van der Waals surface area contributed by atoms with Crippen molar-refractivity contribution in [3.8, 4) is 5.75 Å². The van der Waals surface area contributed by atoms with Crippen LogP contribution in [0.3, 0.4) is 0 Å². The molecule has 0 aromatic heterocycles. The Morgan fingerprint density at radius 2 is 2.20 bits per heavy atom. The van der Waals surface area contributed by atoms with Crippen LogP contribution >= 0.6 is 11.6 Å². The van der Waals surface area contributed by atoms with Crippen molar-refractivity contribution in [1.82, 2.24) is 0 Å². The van der Waals surface area contributed by atoms with Crippen molar-refractivity contribution in [3.63, 3.8) is 0 Å². The molecule has 0 radical (unpaired) electrons. The van der Waals surface area contributed by atoms with E-state index in [0.717, 1.165) is 0 Å². The Balaban J connectivity index is 3.14. The molecule has 0 amide bonds. The van der Waals surface area contributed by atoms with Gasteiger partial charge in [-0.1, -0.05) is 23.7 Å². The normalized spacial score (nSPS) is 9.80. The van der Waals surface area contributed by atoms with Gasteiger partial charge in [0.05, 0.1) is 5.02 Å². The predicted octanol–water partition coefficient (Wildman–Crippen LogP) is 1.50. The summed E-state index contributed by atoms with van der Waals surface area (Å²) in [7, 11) is 0. The largest absolute Gasteiger partial charge is 0.506 e. The van der Waals surface area contributed by atoms with Gasteiger partial charge in [-0.05, 0) is 6.07 Å². The molecule has 10 heavy (non-hydrogen) atoms. The van der Waals surface area contributed by atoms with Crippen LogP contribution in [0.4, 0.5) is 0 Å². The molecular formula is C7H8ClNO. The number of hydrogen-bond acceptors (Lipinski definition) is 2. The van der Waals surface area contributed by atoms with Crippen LogP contribution in [0.15, 0.2) is 18.2 Å². The molecule has 0 saturated carbocycles. The number of phenolic OH excluding ortho intramolecular Hbond substituents is 1. The first kappa shape index (κ1) is 7.38. The van der Waals surface area contributed by atoms with Crippen LogP contribution in [0.2, 0.25) is 5.02 Å². The summed E-state index contributed by atoms with van der Waals surface area (Å²) in [5.74, 6) is 0.0895. The van der Waals surface area contributed by atoms with E-state index in [1.807, 2.05) is 0 Å². The van der Waals surface area contributed by atoms with E-state index in [2.05, 4.69) is 0 Å². The minimum Gasteiger partial charge on any atom is -0.506 e. The van der Waals surface area contributed by atoms with Crippen LogP contribution in [0.5, 0.6) is 5.75 Å². The summed E-state index contributed by atoms with van der Waals surface area (Å²) in [5, 5.41) is 9.54. The van der Waals surface area contributed by atoms with Gasteiger partial charge >= 0.3 is 0 Å². The van der Waals surface area contributed by atoms with Gasteiger partial charge in [0.15, 0.2) is 0 Å². The van der Waals surface area contributed by atoms with Crippen molar-refractivity contribution < 1.29 is 5.11 Å². The van der Waals surface area contributed by atoms with E-state index in [-0.39, 0.29) is 5.75 Å². The third kappa shape index (κ3) is 1.23. The molecule has 0 unspecified atom stereocenters. The zero-order valence-corrected chi connectivity index (χ0v) is 6.10. The quantitative estimate of drug-likeness (QED) is 0.649. The highest BCUT2D eigenvalue weighted by Gasteiger charge is 2.00. The maximum absolute atomic E-state index is 9.19. The van der Waals surface area contributed by atoms with Crippen LogP contribution in [0, 0.1) is 0 Å². The van der Waals surface area contributed by atoms with Crippen molar-refractivity contribution in [3.05, 3.63) is 28.8 Å². The lowest BCUT2D eigenvalue weighted by molar-refractivity contribution is 0.468. The first-order valence-electron chi connectivity index (χ1n) is 2.92. The Labute approximate surface area is 64.2 Å². The predicted molar refractivity (Wildman–Crippen MR) is 41.0 cm³/mol. The fourth-order valence-electron chi connectivity index (χ4n) is 0.725. The molecule has 0 fully saturated rings. The highest BCUT2D eigenvalue weighted by atomic mass is 35.5. The molecule has 0 heterocycles. The summed E-state index contributed by atoms with van der Waals surface area (Å²) in [6.07, 6.45) is 0. The summed E-state index contributed by atoms with van der Waals surface area (Å²) in [6, 6.07) is 5.11. The Kier molecular flexibility index (Phi) is 2.14. The van der Waals surface area contributed by atoms with E-state index >= 15 is 0 Å². The third-order valence-corrected chi connectivity index (χ3v) is 1.60. The molecule has 0 atom stereocenters. The molecule has 3 N–H and O–H groups in total. The summed E-state index contributed by atoms with van der Waals surface area (Å²) in [6.45, 7) is 0.312. The SMILES string of the molecule is NCc1cccc(Cl)c1O. The lowest BCUT2D eigenvalue weighted by Crippen LogP contribution is -1.95. The number of hydrogen-bond donors (Lipinski definition) is 2. The smallest absolute Gasteiger partial charge is 0.138 e. The van der Waals surface area contributed by atoms with Gasteiger partial charge < -0.3 is 10.8 Å². The Hall–Kier alpha value is -0.730. The summed E-state index contributed by atoms with van der Waals surface area (Å²) in [4.78, 5) is 0. The number of rotatable bonds is 1. The second kappa shape index (κ2) is 2.90. The van der Waals surface area contributed by atoms with Crippen molar-refractivity contribution in [2.24, 2.45) is 5.73 Å². The highest BCUT2D eigenvalue weighted by molar-refractivity contribution is 6.32. The standard InChI is InChI=1S/C7H8ClNO/c8-6-3-1-2-5(4-9)7(6)10/h1-3,10H,4,9H2. The minimum absolute atomic E-state index is 0.0895. The van der Waals surface area contributed by atoms with Crippen molar-refractivity contribution in [2.45, 2.75) is 6.54 Å². The number of para-hydroxylation sites is 1. The molecule has 0 spiro atoms. The molecule has 0 aliphatic rings. The molecule has 0 saturated heterocycles. The molecule has 1 aromatic rings. The lowest BCUT2D eigenvalue weighted by atomic mass is 10.2. The fourth-order valence-corrected chi connectivity index (χ4v) is 0.919. The molecule has 1 rings (SSSR count). The number of phenols is 1. The topological polar surface area (TPSA) is 46.2 Å². The van der Waals surface area contributed by atoms with Crippen molar-refractivity contribution in [1.29, 1.82) is 0 Å². The number of nitrogens with two attached hydrogens (primary N) is 1. The third-order valence-electron chi connectivity index (χ3n) is 1.29. The molecule has 0 aliphatic carbocycles. The molecule has 2 nitrogen and oxygen atoms in total. The van der Waals surface area contributed by atoms with E-state index in [1.54, 1.807) is 18.2 Å². The van der Waals surface area contributed by atoms with Crippen LogP contribution in [-0.2, 0) is 6.54 Å². The Bertz CT molecular complexity index is 237. The lowest BCUT2D eigenvalue weighted by Gasteiger charge is -2.00. The molecule has 0 aliphatic heterocycles. The van der Waals surface area contributed by atoms with Gasteiger partial charge in [0.25, 0.3) is 0 Å². The number of halogens is 1. The molecule has 0 bridgehead atoms. The van der Waals surface area contributed by atoms with E-state index < -0.39 is 0 Å². The molecule has 3 heteroatoms. The molecule has 54 valence electrons. The van der Waals surface area contributed by atoms with Gasteiger partial charge in [-0.25, -0.2) is 0 Å². The average molecular weight is 158 g/mol. The van der Waals surface area contributed by atoms with Gasteiger partial charge in [-0.15, -0.1) is 0 Å². The van der Waals surface area contributed by atoms with Gasteiger partial charge in [-0.3, -0.25) is 0 Å². The van der Waals surface area contributed by atoms with Crippen LogP contribution < -0.4 is 5.73 Å². The van der Waals surface area contributed by atoms with Crippen molar-refractivity contribution in [2.75, 3.05) is 0 Å². The maximum atomic E-state index is 9.19. The van der Waals surface area contributed by atoms with Crippen LogP contribution in [-0.4, -0.2) is 5.11 Å². The van der Waals surface area contributed by atoms with Crippen molar-refractivity contribution >= 4 is 11.6 Å². The zero-order valence-electron chi connectivity index (χ0n) is 5.34. The van der Waals surface area contributed by atoms with Crippen LogP contribution in [0.25, 0.3) is 0 Å². The molecule has 1 aromatic carbocycles. The number of benzene rings is 1. The highest BCUT2D eigenvalue weighted by Crippen LogP contribution is 2.25. The summed E-state index contributed by atoms with van der Waals surface area (Å²) < 4.78 is 0. The van der Waals surface area contributed by atoms with E-state index in [4.69, 9.17) is 17.3 Å². The van der Waals surface area contributed by atoms with Gasteiger partial charge in [0, 0.05) is 12.1 Å². The summed E-state index contributed by atoms with van der Waals surface area (Å²) >= 11 is 5.59. The second-order valence-corrected chi connectivity index (χ2v) is 2.36. The first-order chi connectivity index (χ1) is 4.75. The minimum atomic E-state index is 0.0895.